The number of carbonyl (C=O) groups excluding carboxylic acids is 2. The third-order valence-electron chi connectivity index (χ3n) is 5.53. The predicted octanol–water partition coefficient (Wildman–Crippen LogP) is 5.57. The molecule has 0 spiro atoms. The van der Waals surface area contributed by atoms with Crippen LogP contribution in [0.1, 0.15) is 40.9 Å². The lowest BCUT2D eigenvalue weighted by Gasteiger charge is -2.25. The normalized spacial score (nSPS) is 14.0. The van der Waals surface area contributed by atoms with Crippen LogP contribution in [-0.4, -0.2) is 27.7 Å². The zero-order chi connectivity index (χ0) is 22.4. The van der Waals surface area contributed by atoms with Gasteiger partial charge < -0.3 is 9.84 Å². The lowest BCUT2D eigenvalue weighted by molar-refractivity contribution is -0.152. The lowest BCUT2D eigenvalue weighted by atomic mass is 9.96. The number of carbonyl (C=O) groups is 2. The van der Waals surface area contributed by atoms with Gasteiger partial charge in [0.15, 0.2) is 17.4 Å². The monoisotopic (exact) mass is 467 g/mol. The summed E-state index contributed by atoms with van der Waals surface area (Å²) in [6.45, 7) is 1.51. The van der Waals surface area contributed by atoms with Gasteiger partial charge in [0.25, 0.3) is 5.91 Å². The van der Waals surface area contributed by atoms with Crippen molar-refractivity contribution in [3.8, 4) is 5.75 Å². The summed E-state index contributed by atoms with van der Waals surface area (Å²) in [4.78, 5) is 25.6. The van der Waals surface area contributed by atoms with Gasteiger partial charge in [0.1, 0.15) is 6.10 Å². The molecule has 5 nitrogen and oxygen atoms in total. The molecule has 0 atom stereocenters. The van der Waals surface area contributed by atoms with E-state index in [4.69, 9.17) is 27.9 Å². The second-order valence-electron chi connectivity index (χ2n) is 7.47. The van der Waals surface area contributed by atoms with E-state index < -0.39 is 29.3 Å². The number of hydrogen-bond acceptors (Lipinski definition) is 4. The molecule has 31 heavy (non-hydrogen) atoms. The lowest BCUT2D eigenvalue weighted by Crippen LogP contribution is -2.26. The Labute approximate surface area is 186 Å². The summed E-state index contributed by atoms with van der Waals surface area (Å²) in [6, 6.07) is 5.06. The Hall–Kier alpha value is -2.64. The van der Waals surface area contributed by atoms with E-state index in [1.807, 2.05) is 0 Å². The Bertz CT molecular complexity index is 1230. The minimum atomic E-state index is -1.25. The number of aromatic hydroxyl groups is 1. The first-order valence-corrected chi connectivity index (χ1v) is 10.3. The molecule has 0 aliphatic heterocycles. The fraction of sp³-hybridized carbons (Fsp3) is 0.273. The molecule has 9 heteroatoms. The maximum atomic E-state index is 14.9. The van der Waals surface area contributed by atoms with Crippen molar-refractivity contribution in [1.82, 2.24) is 4.57 Å². The van der Waals surface area contributed by atoms with Crippen LogP contribution in [0, 0.1) is 18.6 Å². The average molecular weight is 468 g/mol. The predicted molar refractivity (Wildman–Crippen MR) is 112 cm³/mol. The molecule has 2 aromatic carbocycles. The summed E-state index contributed by atoms with van der Waals surface area (Å²) in [6.07, 6.45) is 2.00. The Morgan fingerprint density at radius 2 is 1.90 bits per heavy atom. The summed E-state index contributed by atoms with van der Waals surface area (Å²) < 4.78 is 35.5. The van der Waals surface area contributed by atoms with Gasteiger partial charge in [-0.05, 0) is 49.9 Å². The van der Waals surface area contributed by atoms with Crippen LogP contribution in [0.2, 0.25) is 10.0 Å². The van der Waals surface area contributed by atoms with Crippen molar-refractivity contribution >= 4 is 46.0 Å². The summed E-state index contributed by atoms with van der Waals surface area (Å²) in [5, 5.41) is 9.96. The number of benzene rings is 2. The smallest absolute Gasteiger partial charge is 0.310 e. The number of hydrogen-bond donors (Lipinski definition) is 1. The molecule has 162 valence electrons. The molecule has 1 saturated carbocycles. The Balaban J connectivity index is 1.86. The molecule has 1 aliphatic carbocycles. The second-order valence-corrected chi connectivity index (χ2v) is 8.28. The fourth-order valence-electron chi connectivity index (χ4n) is 3.65. The standard InChI is InChI=1S/C22H17Cl2F2NO4/c1-10-13(8-18(28)31-12-3-2-4-12)19-17(9-16(25)21(29)20(19)26)27(10)22(30)11-5-6-14(23)15(24)7-11/h5-7,9,12,29H,2-4,8H2,1H3. The topological polar surface area (TPSA) is 68.5 Å². The van der Waals surface area contributed by atoms with Crippen LogP contribution in [0.4, 0.5) is 8.78 Å². The molecule has 0 amide bonds. The SMILES string of the molecule is Cc1c(CC(=O)OC2CCC2)c2c(F)c(O)c(F)cc2n1C(=O)c1ccc(Cl)c(Cl)c1. The molecule has 1 aromatic heterocycles. The van der Waals surface area contributed by atoms with E-state index in [0.29, 0.717) is 0 Å². The van der Waals surface area contributed by atoms with Gasteiger partial charge in [0.05, 0.1) is 22.0 Å². The van der Waals surface area contributed by atoms with Crippen LogP contribution in [0.3, 0.4) is 0 Å². The molecule has 1 fully saturated rings. The Morgan fingerprint density at radius 1 is 1.19 bits per heavy atom. The highest BCUT2D eigenvalue weighted by Crippen LogP contribution is 2.36. The molecular formula is C22H17Cl2F2NO4. The van der Waals surface area contributed by atoms with Crippen molar-refractivity contribution in [1.29, 1.82) is 0 Å². The number of fused-ring (bicyclic) bond motifs is 1. The van der Waals surface area contributed by atoms with Gasteiger partial charge in [-0.2, -0.15) is 0 Å². The van der Waals surface area contributed by atoms with Gasteiger partial charge in [-0.15, -0.1) is 0 Å². The summed E-state index contributed by atoms with van der Waals surface area (Å²) in [5.74, 6) is -4.86. The van der Waals surface area contributed by atoms with Crippen LogP contribution < -0.4 is 0 Å². The fourth-order valence-corrected chi connectivity index (χ4v) is 3.95. The van der Waals surface area contributed by atoms with Gasteiger partial charge in [-0.3, -0.25) is 14.2 Å². The van der Waals surface area contributed by atoms with Crippen LogP contribution in [0.25, 0.3) is 10.9 Å². The highest BCUT2D eigenvalue weighted by atomic mass is 35.5. The van der Waals surface area contributed by atoms with Crippen LogP contribution >= 0.6 is 23.2 Å². The molecule has 4 rings (SSSR count). The van der Waals surface area contributed by atoms with Crippen molar-refractivity contribution in [2.45, 2.75) is 38.7 Å². The Kier molecular flexibility index (Phi) is 5.66. The molecule has 0 saturated heterocycles. The molecule has 1 aliphatic rings. The van der Waals surface area contributed by atoms with Crippen molar-refractivity contribution in [3.05, 3.63) is 62.8 Å². The van der Waals surface area contributed by atoms with E-state index in [1.165, 1.54) is 25.1 Å². The molecular weight excluding hydrogens is 451 g/mol. The third kappa shape index (κ3) is 3.77. The van der Waals surface area contributed by atoms with E-state index >= 15 is 0 Å². The number of halogens is 4. The quantitative estimate of drug-likeness (QED) is 0.509. The molecule has 3 aromatic rings. The van der Waals surface area contributed by atoms with Gasteiger partial charge in [0.2, 0.25) is 0 Å². The number of phenols is 1. The molecule has 1 heterocycles. The summed E-state index contributed by atoms with van der Waals surface area (Å²) in [7, 11) is 0. The highest BCUT2D eigenvalue weighted by Gasteiger charge is 2.29. The van der Waals surface area contributed by atoms with Gasteiger partial charge in [-0.1, -0.05) is 23.2 Å². The Morgan fingerprint density at radius 3 is 2.52 bits per heavy atom. The average Bonchev–Trinajstić information content (AvgIpc) is 2.96. The maximum Gasteiger partial charge on any atom is 0.310 e. The maximum absolute atomic E-state index is 14.9. The second kappa shape index (κ2) is 8.13. The number of nitrogens with zero attached hydrogens (tertiary/aromatic N) is 1. The largest absolute Gasteiger partial charge is 0.503 e. The highest BCUT2D eigenvalue weighted by molar-refractivity contribution is 6.42. The van der Waals surface area contributed by atoms with Crippen molar-refractivity contribution in [2.75, 3.05) is 0 Å². The van der Waals surface area contributed by atoms with E-state index in [-0.39, 0.29) is 50.3 Å². The minimum absolute atomic E-state index is 0.118. The first kappa shape index (κ1) is 21.6. The molecule has 1 N–H and O–H groups in total. The molecule has 0 radical (unpaired) electrons. The van der Waals surface area contributed by atoms with Gasteiger partial charge in [0, 0.05) is 22.7 Å². The van der Waals surface area contributed by atoms with E-state index in [2.05, 4.69) is 0 Å². The third-order valence-corrected chi connectivity index (χ3v) is 6.27. The number of aromatic nitrogens is 1. The van der Waals surface area contributed by atoms with E-state index in [9.17, 15) is 23.5 Å². The van der Waals surface area contributed by atoms with Crippen LogP contribution in [0.5, 0.6) is 5.75 Å². The van der Waals surface area contributed by atoms with Gasteiger partial charge >= 0.3 is 5.97 Å². The summed E-state index contributed by atoms with van der Waals surface area (Å²) in [5.41, 5.74) is 0.376. The summed E-state index contributed by atoms with van der Waals surface area (Å²) >= 11 is 11.9. The zero-order valence-corrected chi connectivity index (χ0v) is 17.9. The van der Waals surface area contributed by atoms with Crippen LogP contribution in [0.15, 0.2) is 24.3 Å². The van der Waals surface area contributed by atoms with Crippen molar-refractivity contribution < 1.29 is 28.2 Å². The number of phenolic OH excluding ortho intramolecular Hbond substituents is 1. The first-order valence-electron chi connectivity index (χ1n) is 9.59. The number of rotatable bonds is 4. The van der Waals surface area contributed by atoms with Crippen molar-refractivity contribution in [3.63, 3.8) is 0 Å². The number of esters is 1. The van der Waals surface area contributed by atoms with Gasteiger partial charge in [-0.25, -0.2) is 8.78 Å². The van der Waals surface area contributed by atoms with Crippen LogP contribution in [-0.2, 0) is 16.0 Å². The first-order chi connectivity index (χ1) is 14.7. The molecule has 0 bridgehead atoms. The van der Waals surface area contributed by atoms with E-state index in [1.54, 1.807) is 0 Å². The van der Waals surface area contributed by atoms with Crippen molar-refractivity contribution in [2.24, 2.45) is 0 Å². The zero-order valence-electron chi connectivity index (χ0n) is 16.3. The van der Waals surface area contributed by atoms with E-state index in [0.717, 1.165) is 29.9 Å². The minimum Gasteiger partial charge on any atom is -0.503 e. The molecule has 0 unspecified atom stereocenters. The number of ether oxygens (including phenoxy) is 1.